The molecule has 1 aromatic heterocycles. The van der Waals surface area contributed by atoms with Crippen molar-refractivity contribution in [3.8, 4) is 0 Å². The molecule has 2 rings (SSSR count). The van der Waals surface area contributed by atoms with Crippen LogP contribution in [0.5, 0.6) is 0 Å². The third-order valence-electron chi connectivity index (χ3n) is 3.72. The predicted octanol–water partition coefficient (Wildman–Crippen LogP) is 3.63. The van der Waals surface area contributed by atoms with Crippen LogP contribution in [0.15, 0.2) is 18.2 Å². The van der Waals surface area contributed by atoms with E-state index in [1.807, 2.05) is 13.0 Å². The van der Waals surface area contributed by atoms with E-state index in [4.69, 9.17) is 0 Å². The Morgan fingerprint density at radius 1 is 1.31 bits per heavy atom. The summed E-state index contributed by atoms with van der Waals surface area (Å²) in [6, 6.07) is 6.16. The van der Waals surface area contributed by atoms with Gasteiger partial charge in [0, 0.05) is 12.2 Å². The van der Waals surface area contributed by atoms with Gasteiger partial charge in [0.15, 0.2) is 0 Å². The number of hydrogen-bond acceptors (Lipinski definition) is 2. The molecule has 1 saturated carbocycles. The largest absolute Gasteiger partial charge is 0.370 e. The van der Waals surface area contributed by atoms with Crippen molar-refractivity contribution in [1.82, 2.24) is 4.98 Å². The average Bonchev–Trinajstić information content (AvgIpc) is 2.28. The Kier molecular flexibility index (Phi) is 3.81. The highest BCUT2D eigenvalue weighted by atomic mass is 15.0. The number of rotatable bonds is 3. The highest BCUT2D eigenvalue weighted by Gasteiger charge is 2.20. The molecule has 2 atom stereocenters. The van der Waals surface area contributed by atoms with Crippen LogP contribution >= 0.6 is 0 Å². The molecule has 1 aliphatic rings. The van der Waals surface area contributed by atoms with Crippen LogP contribution in [0.2, 0.25) is 0 Å². The molecule has 0 bridgehead atoms. The molecule has 0 saturated heterocycles. The van der Waals surface area contributed by atoms with E-state index in [9.17, 15) is 0 Å². The molecule has 16 heavy (non-hydrogen) atoms. The van der Waals surface area contributed by atoms with E-state index < -0.39 is 0 Å². The van der Waals surface area contributed by atoms with Gasteiger partial charge in [-0.3, -0.25) is 0 Å². The zero-order valence-corrected chi connectivity index (χ0v) is 10.4. The standard InChI is InChI=1S/C14H22N2/c1-11-6-3-4-8-13(11)10-15-14-9-5-7-12(2)16-14/h5,7,9,11,13H,3-4,6,8,10H2,1-2H3,(H,15,16). The topological polar surface area (TPSA) is 24.9 Å². The summed E-state index contributed by atoms with van der Waals surface area (Å²) in [5, 5.41) is 3.47. The third-order valence-corrected chi connectivity index (χ3v) is 3.72. The van der Waals surface area contributed by atoms with E-state index in [2.05, 4.69) is 29.4 Å². The molecule has 0 spiro atoms. The quantitative estimate of drug-likeness (QED) is 0.838. The molecule has 1 N–H and O–H groups in total. The Balaban J connectivity index is 1.86. The van der Waals surface area contributed by atoms with Crippen molar-refractivity contribution in [2.24, 2.45) is 11.8 Å². The van der Waals surface area contributed by atoms with Crippen LogP contribution in [0.25, 0.3) is 0 Å². The maximum atomic E-state index is 4.47. The maximum absolute atomic E-state index is 4.47. The Hall–Kier alpha value is -1.05. The predicted molar refractivity (Wildman–Crippen MR) is 68.6 cm³/mol. The van der Waals surface area contributed by atoms with Crippen LogP contribution in [0.1, 0.15) is 38.3 Å². The Bertz CT molecular complexity index is 335. The van der Waals surface area contributed by atoms with Gasteiger partial charge in [-0.1, -0.05) is 32.3 Å². The summed E-state index contributed by atoms with van der Waals surface area (Å²) >= 11 is 0. The smallest absolute Gasteiger partial charge is 0.126 e. The number of hydrogen-bond donors (Lipinski definition) is 1. The van der Waals surface area contributed by atoms with E-state index in [0.717, 1.165) is 29.9 Å². The second-order valence-corrected chi connectivity index (χ2v) is 5.07. The fourth-order valence-corrected chi connectivity index (χ4v) is 2.57. The highest BCUT2D eigenvalue weighted by molar-refractivity contribution is 5.35. The molecular weight excluding hydrogens is 196 g/mol. The Labute approximate surface area is 98.5 Å². The molecule has 2 unspecified atom stereocenters. The van der Waals surface area contributed by atoms with Crippen molar-refractivity contribution in [2.75, 3.05) is 11.9 Å². The van der Waals surface area contributed by atoms with E-state index >= 15 is 0 Å². The molecule has 0 aliphatic heterocycles. The van der Waals surface area contributed by atoms with Crippen LogP contribution in [0, 0.1) is 18.8 Å². The van der Waals surface area contributed by atoms with Crippen LogP contribution < -0.4 is 5.32 Å². The molecule has 0 radical (unpaired) electrons. The lowest BCUT2D eigenvalue weighted by atomic mass is 9.80. The minimum absolute atomic E-state index is 0.830. The van der Waals surface area contributed by atoms with E-state index in [1.54, 1.807) is 0 Å². The van der Waals surface area contributed by atoms with Gasteiger partial charge in [0.2, 0.25) is 0 Å². The van der Waals surface area contributed by atoms with Gasteiger partial charge in [-0.25, -0.2) is 4.98 Å². The number of nitrogens with zero attached hydrogens (tertiary/aromatic N) is 1. The lowest BCUT2D eigenvalue weighted by molar-refractivity contribution is 0.268. The normalized spacial score (nSPS) is 25.4. The second kappa shape index (κ2) is 5.33. The summed E-state index contributed by atoms with van der Waals surface area (Å²) in [4.78, 5) is 4.47. The Morgan fingerprint density at radius 2 is 2.12 bits per heavy atom. The molecular formula is C14H22N2. The number of aryl methyl sites for hydroxylation is 1. The summed E-state index contributed by atoms with van der Waals surface area (Å²) in [6.45, 7) is 5.50. The van der Waals surface area contributed by atoms with E-state index in [0.29, 0.717) is 0 Å². The minimum atomic E-state index is 0.830. The van der Waals surface area contributed by atoms with Crippen molar-refractivity contribution in [1.29, 1.82) is 0 Å². The zero-order valence-electron chi connectivity index (χ0n) is 10.4. The minimum Gasteiger partial charge on any atom is -0.370 e. The second-order valence-electron chi connectivity index (χ2n) is 5.07. The summed E-state index contributed by atoms with van der Waals surface area (Å²) in [6.07, 6.45) is 5.59. The third kappa shape index (κ3) is 2.97. The fourth-order valence-electron chi connectivity index (χ4n) is 2.57. The molecule has 0 amide bonds. The van der Waals surface area contributed by atoms with Gasteiger partial charge in [-0.2, -0.15) is 0 Å². The maximum Gasteiger partial charge on any atom is 0.126 e. The summed E-state index contributed by atoms with van der Waals surface area (Å²) in [5.74, 6) is 2.72. The van der Waals surface area contributed by atoms with Gasteiger partial charge in [-0.05, 0) is 37.3 Å². The van der Waals surface area contributed by atoms with Crippen molar-refractivity contribution < 1.29 is 0 Å². The first-order chi connectivity index (χ1) is 7.75. The van der Waals surface area contributed by atoms with Gasteiger partial charge < -0.3 is 5.32 Å². The molecule has 2 nitrogen and oxygen atoms in total. The molecule has 0 aromatic carbocycles. The van der Waals surface area contributed by atoms with E-state index in [1.165, 1.54) is 25.7 Å². The first-order valence-electron chi connectivity index (χ1n) is 6.43. The molecule has 1 fully saturated rings. The summed E-state index contributed by atoms with van der Waals surface area (Å²) < 4.78 is 0. The van der Waals surface area contributed by atoms with Gasteiger partial charge in [-0.15, -0.1) is 0 Å². The Morgan fingerprint density at radius 3 is 2.88 bits per heavy atom. The number of anilines is 1. The van der Waals surface area contributed by atoms with Crippen LogP contribution in [0.4, 0.5) is 5.82 Å². The fraction of sp³-hybridized carbons (Fsp3) is 0.643. The first-order valence-corrected chi connectivity index (χ1v) is 6.43. The monoisotopic (exact) mass is 218 g/mol. The molecule has 1 aliphatic carbocycles. The van der Waals surface area contributed by atoms with Crippen molar-refractivity contribution in [3.63, 3.8) is 0 Å². The lowest BCUT2D eigenvalue weighted by Gasteiger charge is -2.28. The van der Waals surface area contributed by atoms with Gasteiger partial charge in [0.1, 0.15) is 5.82 Å². The highest BCUT2D eigenvalue weighted by Crippen LogP contribution is 2.29. The van der Waals surface area contributed by atoms with Crippen molar-refractivity contribution in [2.45, 2.75) is 39.5 Å². The summed E-state index contributed by atoms with van der Waals surface area (Å²) in [7, 11) is 0. The molecule has 2 heteroatoms. The van der Waals surface area contributed by atoms with Gasteiger partial charge >= 0.3 is 0 Å². The van der Waals surface area contributed by atoms with Crippen LogP contribution in [0.3, 0.4) is 0 Å². The molecule has 88 valence electrons. The zero-order chi connectivity index (χ0) is 11.4. The first kappa shape index (κ1) is 11.4. The molecule has 1 aromatic rings. The van der Waals surface area contributed by atoms with Gasteiger partial charge in [0.05, 0.1) is 0 Å². The number of aromatic nitrogens is 1. The molecule has 1 heterocycles. The van der Waals surface area contributed by atoms with Crippen LogP contribution in [-0.2, 0) is 0 Å². The van der Waals surface area contributed by atoms with Crippen molar-refractivity contribution in [3.05, 3.63) is 23.9 Å². The number of nitrogens with one attached hydrogen (secondary N) is 1. The van der Waals surface area contributed by atoms with Crippen LogP contribution in [-0.4, -0.2) is 11.5 Å². The number of pyridine rings is 1. The SMILES string of the molecule is Cc1cccc(NCC2CCCCC2C)n1. The van der Waals surface area contributed by atoms with E-state index in [-0.39, 0.29) is 0 Å². The average molecular weight is 218 g/mol. The lowest BCUT2D eigenvalue weighted by Crippen LogP contribution is -2.24. The summed E-state index contributed by atoms with van der Waals surface area (Å²) in [5.41, 5.74) is 1.08. The van der Waals surface area contributed by atoms with Crippen molar-refractivity contribution >= 4 is 5.82 Å². The van der Waals surface area contributed by atoms with Gasteiger partial charge in [0.25, 0.3) is 0 Å².